The van der Waals surface area contributed by atoms with Gasteiger partial charge in [0.25, 0.3) is 0 Å². The highest BCUT2D eigenvalue weighted by Gasteiger charge is 2.51. The summed E-state index contributed by atoms with van der Waals surface area (Å²) in [4.78, 5) is 13.2. The van der Waals surface area contributed by atoms with Crippen molar-refractivity contribution in [3.8, 4) is 6.07 Å². The van der Waals surface area contributed by atoms with Gasteiger partial charge in [-0.05, 0) is 23.0 Å². The lowest BCUT2D eigenvalue weighted by Gasteiger charge is -2.44. The molecule has 1 aromatic rings. The predicted octanol–water partition coefficient (Wildman–Crippen LogP) is 4.40. The van der Waals surface area contributed by atoms with E-state index in [0.717, 1.165) is 11.1 Å². The number of methoxy groups -OCH3 is 1. The first kappa shape index (κ1) is 20.2. The molecular weight excluding hydrogens is 376 g/mol. The molecule has 4 rings (SSSR count). The largest absolute Gasteiger partial charge is 0.444 e. The van der Waals surface area contributed by atoms with Crippen LogP contribution in [0, 0.1) is 22.7 Å². The van der Waals surface area contributed by atoms with Crippen LogP contribution in [0.5, 0.6) is 0 Å². The monoisotopic (exact) mass is 402 g/mol. The van der Waals surface area contributed by atoms with Gasteiger partial charge in [-0.1, -0.05) is 62.4 Å². The fourth-order valence-corrected chi connectivity index (χ4v) is 4.74. The molecule has 2 N–H and O–H groups in total. The van der Waals surface area contributed by atoms with Crippen molar-refractivity contribution in [1.82, 2.24) is 0 Å². The van der Waals surface area contributed by atoms with Crippen LogP contribution < -0.4 is 5.73 Å². The van der Waals surface area contributed by atoms with Crippen molar-refractivity contribution < 1.29 is 14.3 Å². The maximum absolute atomic E-state index is 13.2. The van der Waals surface area contributed by atoms with Gasteiger partial charge in [-0.15, -0.1) is 0 Å². The Morgan fingerprint density at radius 2 is 1.97 bits per heavy atom. The maximum Gasteiger partial charge on any atom is 0.204 e. The molecule has 1 heterocycles. The maximum atomic E-state index is 13.2. The molecule has 0 spiro atoms. The molecule has 0 radical (unpaired) electrons. The number of rotatable bonds is 3. The molecule has 30 heavy (non-hydrogen) atoms. The molecule has 0 amide bonds. The second-order valence-electron chi connectivity index (χ2n) is 8.92. The number of carbonyl (C=O) groups is 1. The number of hydrogen-bond donors (Lipinski definition) is 1. The van der Waals surface area contributed by atoms with Crippen molar-refractivity contribution >= 4 is 11.4 Å². The van der Waals surface area contributed by atoms with Gasteiger partial charge in [-0.3, -0.25) is 4.79 Å². The highest BCUT2D eigenvalue weighted by molar-refractivity contribution is 5.99. The lowest BCUT2D eigenvalue weighted by Crippen LogP contribution is -2.46. The van der Waals surface area contributed by atoms with Crippen LogP contribution in [0.3, 0.4) is 0 Å². The number of nitrogens with zero attached hydrogens (tertiary/aromatic N) is 1. The van der Waals surface area contributed by atoms with E-state index >= 15 is 0 Å². The number of Topliss-reactive ketones (excluding diaryl/α,β-unsaturated/α-hetero) is 1. The molecule has 0 fully saturated rings. The van der Waals surface area contributed by atoms with Gasteiger partial charge in [-0.25, -0.2) is 0 Å². The normalized spacial score (nSPS) is 27.9. The van der Waals surface area contributed by atoms with Gasteiger partial charge in [0.1, 0.15) is 23.0 Å². The average Bonchev–Trinajstić information content (AvgIpc) is 2.72. The molecule has 5 heteroatoms. The number of nitriles is 1. The summed E-state index contributed by atoms with van der Waals surface area (Å²) in [7, 11) is 1.61. The highest BCUT2D eigenvalue weighted by atomic mass is 16.5. The van der Waals surface area contributed by atoms with E-state index in [0.29, 0.717) is 30.6 Å². The number of allylic oxidation sites excluding steroid dienone is 3. The molecule has 2 unspecified atom stereocenters. The van der Waals surface area contributed by atoms with E-state index in [9.17, 15) is 10.1 Å². The van der Waals surface area contributed by atoms with Crippen LogP contribution in [-0.2, 0) is 14.3 Å². The summed E-state index contributed by atoms with van der Waals surface area (Å²) in [6, 6.07) is 12.3. The molecule has 0 bridgehead atoms. The van der Waals surface area contributed by atoms with E-state index in [-0.39, 0.29) is 22.7 Å². The summed E-state index contributed by atoms with van der Waals surface area (Å²) in [5.74, 6) is 0.0358. The van der Waals surface area contributed by atoms with E-state index in [2.05, 4.69) is 24.3 Å². The zero-order valence-corrected chi connectivity index (χ0v) is 17.6. The lowest BCUT2D eigenvalue weighted by atomic mass is 9.65. The zero-order valence-electron chi connectivity index (χ0n) is 17.6. The summed E-state index contributed by atoms with van der Waals surface area (Å²) in [6.07, 6.45) is 7.57. The summed E-state index contributed by atoms with van der Waals surface area (Å²) in [5.41, 5.74) is 8.03. The van der Waals surface area contributed by atoms with E-state index in [4.69, 9.17) is 15.2 Å². The second kappa shape index (κ2) is 7.30. The lowest BCUT2D eigenvalue weighted by molar-refractivity contribution is -0.120. The van der Waals surface area contributed by atoms with Crippen LogP contribution in [0.1, 0.15) is 38.7 Å². The van der Waals surface area contributed by atoms with Crippen molar-refractivity contribution in [2.75, 3.05) is 7.11 Å². The van der Waals surface area contributed by atoms with Crippen molar-refractivity contribution in [1.29, 1.82) is 5.26 Å². The topological polar surface area (TPSA) is 85.3 Å². The summed E-state index contributed by atoms with van der Waals surface area (Å²) >= 11 is 0. The van der Waals surface area contributed by atoms with Gasteiger partial charge >= 0.3 is 0 Å². The second-order valence-corrected chi connectivity index (χ2v) is 8.92. The van der Waals surface area contributed by atoms with Gasteiger partial charge in [0, 0.05) is 25.5 Å². The SMILES string of the molecule is COC1(C2C(C#N)=C(N)OC3=C2C(=O)CC(C)(C)C3)C=CC(c2ccccc2)=CC1. The van der Waals surface area contributed by atoms with Gasteiger partial charge in [-0.2, -0.15) is 5.26 Å². The van der Waals surface area contributed by atoms with Gasteiger partial charge < -0.3 is 15.2 Å². The minimum Gasteiger partial charge on any atom is -0.444 e. The van der Waals surface area contributed by atoms with E-state index in [1.165, 1.54) is 0 Å². The Balaban J connectivity index is 1.79. The van der Waals surface area contributed by atoms with E-state index < -0.39 is 11.5 Å². The number of nitrogens with two attached hydrogens (primary N) is 1. The standard InChI is InChI=1S/C25H26N2O3/c1-24(2)13-19(28)21-20(14-24)30-23(27)18(15-26)22(21)25(29-3)11-9-17(10-12-25)16-7-5-4-6-8-16/h4-11,22H,12-14,27H2,1-3H3. The Morgan fingerprint density at radius 3 is 2.57 bits per heavy atom. The number of hydrogen-bond acceptors (Lipinski definition) is 5. The molecule has 2 aliphatic carbocycles. The van der Waals surface area contributed by atoms with Gasteiger partial charge in [0.2, 0.25) is 5.88 Å². The van der Waals surface area contributed by atoms with Gasteiger partial charge in [0.05, 0.1) is 5.92 Å². The van der Waals surface area contributed by atoms with Crippen molar-refractivity contribution in [3.05, 3.63) is 76.9 Å². The smallest absolute Gasteiger partial charge is 0.204 e. The summed E-state index contributed by atoms with van der Waals surface area (Å²) in [5, 5.41) is 9.88. The third kappa shape index (κ3) is 3.28. The Hall–Kier alpha value is -3.10. The van der Waals surface area contributed by atoms with Crippen molar-refractivity contribution in [2.45, 2.75) is 38.7 Å². The van der Waals surface area contributed by atoms with Crippen LogP contribution in [0.2, 0.25) is 0 Å². The molecule has 154 valence electrons. The molecule has 1 aromatic carbocycles. The fraction of sp³-hybridized carbons (Fsp3) is 0.360. The van der Waals surface area contributed by atoms with Gasteiger partial charge in [0.15, 0.2) is 5.78 Å². The Labute approximate surface area is 177 Å². The molecule has 1 aliphatic heterocycles. The summed E-state index contributed by atoms with van der Waals surface area (Å²) in [6.45, 7) is 4.07. The van der Waals surface area contributed by atoms with Crippen LogP contribution in [0.25, 0.3) is 5.57 Å². The Kier molecular flexibility index (Phi) is 4.91. The molecule has 5 nitrogen and oxygen atoms in total. The quantitative estimate of drug-likeness (QED) is 0.810. The zero-order chi connectivity index (χ0) is 21.5. The summed E-state index contributed by atoms with van der Waals surface area (Å²) < 4.78 is 11.8. The Bertz CT molecular complexity index is 1050. The number of carbonyl (C=O) groups excluding carboxylic acids is 1. The molecule has 0 aromatic heterocycles. The van der Waals surface area contributed by atoms with Crippen LogP contribution in [0.15, 0.2) is 71.3 Å². The molecule has 2 atom stereocenters. The fourth-order valence-electron chi connectivity index (χ4n) is 4.74. The Morgan fingerprint density at radius 1 is 1.23 bits per heavy atom. The molecule has 0 saturated heterocycles. The van der Waals surface area contributed by atoms with E-state index in [1.54, 1.807) is 7.11 Å². The molecule has 3 aliphatic rings. The number of ether oxygens (including phenoxy) is 2. The first-order valence-electron chi connectivity index (χ1n) is 10.1. The molecule has 0 saturated carbocycles. The van der Waals surface area contributed by atoms with Crippen LogP contribution in [0.4, 0.5) is 0 Å². The van der Waals surface area contributed by atoms with Crippen molar-refractivity contribution in [3.63, 3.8) is 0 Å². The van der Waals surface area contributed by atoms with Crippen LogP contribution >= 0.6 is 0 Å². The first-order chi connectivity index (χ1) is 14.3. The number of ketones is 1. The van der Waals surface area contributed by atoms with Crippen molar-refractivity contribution in [2.24, 2.45) is 17.1 Å². The minimum atomic E-state index is -0.879. The first-order valence-corrected chi connectivity index (χ1v) is 10.1. The van der Waals surface area contributed by atoms with Crippen LogP contribution in [-0.4, -0.2) is 18.5 Å². The third-order valence-corrected chi connectivity index (χ3v) is 6.24. The average molecular weight is 402 g/mol. The molecular formula is C25H26N2O3. The number of benzene rings is 1. The highest BCUT2D eigenvalue weighted by Crippen LogP contribution is 2.50. The third-order valence-electron chi connectivity index (χ3n) is 6.24. The van der Waals surface area contributed by atoms with E-state index in [1.807, 2.05) is 44.2 Å². The minimum absolute atomic E-state index is 0.00541. The predicted molar refractivity (Wildman–Crippen MR) is 114 cm³/mol.